The van der Waals surface area contributed by atoms with Crippen molar-refractivity contribution in [2.75, 3.05) is 19.6 Å². The molecule has 1 fully saturated rings. The molecule has 5 nitrogen and oxygen atoms in total. The van der Waals surface area contributed by atoms with Gasteiger partial charge in [0.1, 0.15) is 0 Å². The molecule has 1 aliphatic rings. The number of H-pyrrole nitrogens is 2. The molecule has 0 atom stereocenters. The largest absolute Gasteiger partial charge is 0.354 e. The van der Waals surface area contributed by atoms with E-state index >= 15 is 0 Å². The third-order valence-corrected chi connectivity index (χ3v) is 6.08. The molecule has 2 aromatic heterocycles. The van der Waals surface area contributed by atoms with Gasteiger partial charge in [0.2, 0.25) is 0 Å². The summed E-state index contributed by atoms with van der Waals surface area (Å²) in [6, 6.07) is 18.8. The second-order valence-electron chi connectivity index (χ2n) is 8.13. The molecule has 0 unspecified atom stereocenters. The molecule has 4 N–H and O–H groups in total. The normalized spacial score (nSPS) is 16.0. The zero-order chi connectivity index (χ0) is 19.8. The Morgan fingerprint density at radius 1 is 0.931 bits per heavy atom. The van der Waals surface area contributed by atoms with Gasteiger partial charge in [-0.25, -0.2) is 0 Å². The summed E-state index contributed by atoms with van der Waals surface area (Å²) >= 11 is 0. The first-order chi connectivity index (χ1) is 14.2. The van der Waals surface area contributed by atoms with Crippen LogP contribution in [0.15, 0.2) is 59.4 Å². The van der Waals surface area contributed by atoms with Crippen LogP contribution in [0.1, 0.15) is 18.4 Å². The van der Waals surface area contributed by atoms with Gasteiger partial charge in [0, 0.05) is 29.0 Å². The van der Waals surface area contributed by atoms with E-state index in [0.29, 0.717) is 11.6 Å². The average Bonchev–Trinajstić information content (AvgIpc) is 3.16. The standard InChI is InChI=1S/C24H26N4O/c25-19-8-11-28(12-9-19)10-7-16-5-6-22-18(13-16)15-23(26-22)20-14-17-3-1-2-4-21(17)27-24(20)29/h1-6,13-15,19,26H,7-12,25H2,(H,27,29). The third kappa shape index (κ3) is 3.71. The number of likely N-dealkylation sites (tertiary alicyclic amines) is 1. The van der Waals surface area contributed by atoms with E-state index in [2.05, 4.69) is 39.1 Å². The number of aromatic nitrogens is 2. The third-order valence-electron chi connectivity index (χ3n) is 6.08. The van der Waals surface area contributed by atoms with Crippen LogP contribution in [0.4, 0.5) is 0 Å². The quantitative estimate of drug-likeness (QED) is 0.501. The molecule has 4 aromatic rings. The van der Waals surface area contributed by atoms with E-state index in [-0.39, 0.29) is 5.56 Å². The number of rotatable bonds is 4. The number of nitrogens with zero attached hydrogens (tertiary/aromatic N) is 1. The maximum Gasteiger partial charge on any atom is 0.257 e. The molecule has 0 amide bonds. The molecule has 3 heterocycles. The van der Waals surface area contributed by atoms with Gasteiger partial charge in [0.05, 0.1) is 11.3 Å². The lowest BCUT2D eigenvalue weighted by Gasteiger charge is -2.29. The van der Waals surface area contributed by atoms with Crippen LogP contribution in [0.3, 0.4) is 0 Å². The monoisotopic (exact) mass is 386 g/mol. The minimum absolute atomic E-state index is 0.0706. The highest BCUT2D eigenvalue weighted by atomic mass is 16.1. The molecule has 29 heavy (non-hydrogen) atoms. The molecule has 0 aliphatic carbocycles. The highest BCUT2D eigenvalue weighted by Crippen LogP contribution is 2.25. The Bertz CT molecular complexity index is 1210. The van der Waals surface area contributed by atoms with Gasteiger partial charge < -0.3 is 20.6 Å². The van der Waals surface area contributed by atoms with Crippen molar-refractivity contribution in [3.8, 4) is 11.3 Å². The minimum atomic E-state index is -0.0706. The molecule has 0 bridgehead atoms. The minimum Gasteiger partial charge on any atom is -0.354 e. The molecule has 0 radical (unpaired) electrons. The van der Waals surface area contributed by atoms with Crippen LogP contribution in [0.2, 0.25) is 0 Å². The summed E-state index contributed by atoms with van der Waals surface area (Å²) in [5.74, 6) is 0. The number of aromatic amines is 2. The highest BCUT2D eigenvalue weighted by molar-refractivity contribution is 5.89. The molecule has 2 aromatic carbocycles. The lowest BCUT2D eigenvalue weighted by Crippen LogP contribution is -2.40. The molecule has 0 spiro atoms. The predicted octanol–water partition coefficient (Wildman–Crippen LogP) is 3.64. The maximum absolute atomic E-state index is 12.6. The summed E-state index contributed by atoms with van der Waals surface area (Å²) in [4.78, 5) is 21.5. The molecular weight excluding hydrogens is 360 g/mol. The lowest BCUT2D eigenvalue weighted by molar-refractivity contribution is 0.215. The summed E-state index contributed by atoms with van der Waals surface area (Å²) in [5.41, 5.74) is 10.7. The Morgan fingerprint density at radius 3 is 2.59 bits per heavy atom. The van der Waals surface area contributed by atoms with Crippen molar-refractivity contribution in [1.29, 1.82) is 0 Å². The van der Waals surface area contributed by atoms with Crippen LogP contribution in [-0.4, -0.2) is 40.5 Å². The fourth-order valence-corrected chi connectivity index (χ4v) is 4.29. The number of para-hydroxylation sites is 1. The van der Waals surface area contributed by atoms with Crippen LogP contribution in [0.5, 0.6) is 0 Å². The van der Waals surface area contributed by atoms with E-state index in [1.807, 2.05) is 30.3 Å². The lowest BCUT2D eigenvalue weighted by atomic mass is 10.0. The molecule has 1 saturated heterocycles. The number of nitrogens with two attached hydrogens (primary N) is 1. The van der Waals surface area contributed by atoms with E-state index in [1.165, 1.54) is 5.56 Å². The molecule has 148 valence electrons. The van der Waals surface area contributed by atoms with Crippen LogP contribution >= 0.6 is 0 Å². The van der Waals surface area contributed by atoms with Gasteiger partial charge in [-0.1, -0.05) is 24.3 Å². The second kappa shape index (κ2) is 7.50. The van der Waals surface area contributed by atoms with Crippen LogP contribution in [0, 0.1) is 0 Å². The fourth-order valence-electron chi connectivity index (χ4n) is 4.29. The molecule has 5 heteroatoms. The number of hydrogen-bond acceptors (Lipinski definition) is 3. The van der Waals surface area contributed by atoms with Gasteiger partial charge >= 0.3 is 0 Å². The Hall–Kier alpha value is -2.89. The molecule has 0 saturated carbocycles. The first-order valence-corrected chi connectivity index (χ1v) is 10.4. The average molecular weight is 386 g/mol. The summed E-state index contributed by atoms with van der Waals surface area (Å²) in [6.45, 7) is 3.27. The number of benzene rings is 2. The van der Waals surface area contributed by atoms with Crippen molar-refractivity contribution in [3.05, 3.63) is 70.5 Å². The summed E-state index contributed by atoms with van der Waals surface area (Å²) in [7, 11) is 0. The Morgan fingerprint density at radius 2 is 1.72 bits per heavy atom. The zero-order valence-corrected chi connectivity index (χ0v) is 16.4. The van der Waals surface area contributed by atoms with E-state index in [1.54, 1.807) is 0 Å². The van der Waals surface area contributed by atoms with Crippen molar-refractivity contribution in [3.63, 3.8) is 0 Å². The van der Waals surface area contributed by atoms with Crippen molar-refractivity contribution in [2.24, 2.45) is 5.73 Å². The Kier molecular flexibility index (Phi) is 4.70. The van der Waals surface area contributed by atoms with E-state index in [9.17, 15) is 4.79 Å². The van der Waals surface area contributed by atoms with Crippen LogP contribution < -0.4 is 11.3 Å². The predicted molar refractivity (Wildman–Crippen MR) is 119 cm³/mol. The first kappa shape index (κ1) is 18.2. The van der Waals surface area contributed by atoms with Gasteiger partial charge in [-0.2, -0.15) is 0 Å². The van der Waals surface area contributed by atoms with Gasteiger partial charge in [0.15, 0.2) is 0 Å². The number of piperidine rings is 1. The number of hydrogen-bond donors (Lipinski definition) is 3. The van der Waals surface area contributed by atoms with Crippen molar-refractivity contribution >= 4 is 21.8 Å². The van der Waals surface area contributed by atoms with Gasteiger partial charge in [-0.05, 0) is 73.6 Å². The second-order valence-corrected chi connectivity index (χ2v) is 8.13. The Balaban J connectivity index is 1.39. The maximum atomic E-state index is 12.6. The smallest absolute Gasteiger partial charge is 0.257 e. The number of fused-ring (bicyclic) bond motifs is 2. The number of pyridine rings is 1. The summed E-state index contributed by atoms with van der Waals surface area (Å²) < 4.78 is 0. The van der Waals surface area contributed by atoms with Crippen molar-refractivity contribution < 1.29 is 0 Å². The topological polar surface area (TPSA) is 77.9 Å². The van der Waals surface area contributed by atoms with E-state index in [4.69, 9.17) is 5.73 Å². The van der Waals surface area contributed by atoms with E-state index < -0.39 is 0 Å². The van der Waals surface area contributed by atoms with E-state index in [0.717, 1.165) is 66.4 Å². The van der Waals surface area contributed by atoms with Crippen molar-refractivity contribution in [2.45, 2.75) is 25.3 Å². The Labute approximate surface area is 169 Å². The molecular formula is C24H26N4O. The van der Waals surface area contributed by atoms with Gasteiger partial charge in [-0.3, -0.25) is 4.79 Å². The van der Waals surface area contributed by atoms with Crippen molar-refractivity contribution in [1.82, 2.24) is 14.9 Å². The SMILES string of the molecule is NC1CCN(CCc2ccc3[nH]c(-c4cc5ccccc5[nH]c4=O)cc3c2)CC1. The highest BCUT2D eigenvalue weighted by Gasteiger charge is 2.15. The van der Waals surface area contributed by atoms with Gasteiger partial charge in [0.25, 0.3) is 5.56 Å². The fraction of sp³-hybridized carbons (Fsp3) is 0.292. The van der Waals surface area contributed by atoms with Crippen LogP contribution in [0.25, 0.3) is 33.1 Å². The summed E-state index contributed by atoms with van der Waals surface area (Å²) in [6.07, 6.45) is 3.23. The molecule has 1 aliphatic heterocycles. The summed E-state index contributed by atoms with van der Waals surface area (Å²) in [5, 5.41) is 2.17. The zero-order valence-electron chi connectivity index (χ0n) is 16.4. The van der Waals surface area contributed by atoms with Crippen LogP contribution in [-0.2, 0) is 6.42 Å². The number of nitrogens with one attached hydrogen (secondary N) is 2. The first-order valence-electron chi connectivity index (χ1n) is 10.4. The van der Waals surface area contributed by atoms with Gasteiger partial charge in [-0.15, -0.1) is 0 Å². The molecule has 5 rings (SSSR count).